The van der Waals surface area contributed by atoms with Gasteiger partial charge in [-0.2, -0.15) is 0 Å². The summed E-state index contributed by atoms with van der Waals surface area (Å²) in [6.07, 6.45) is 3.64. The van der Waals surface area contributed by atoms with Crippen LogP contribution in [0.15, 0.2) is 47.5 Å². The van der Waals surface area contributed by atoms with Crippen molar-refractivity contribution in [2.24, 2.45) is 4.99 Å². The molecule has 3 aromatic rings. The number of benzene rings is 2. The number of carbonyl (C=O) groups is 1. The average Bonchev–Trinajstić information content (AvgIpc) is 3.22. The molecule has 1 aromatic heterocycles. The molecule has 2 heterocycles. The van der Waals surface area contributed by atoms with Gasteiger partial charge >= 0.3 is 0 Å². The zero-order valence-electron chi connectivity index (χ0n) is 15.7. The standard InChI is InChI=1S/C21H17N3O3S2/c1-12(25)23-14-3-5-15(6-4-14)24-20(26)19(29-21(24)28)9-13-11-22-18-10-16(27-2)7-8-17(13)18/h3-11,26H,1-2H3,(H,23,25). The summed E-state index contributed by atoms with van der Waals surface area (Å²) in [6.45, 7) is 1.45. The number of thiazole rings is 1. The molecule has 6 nitrogen and oxygen atoms in total. The molecule has 1 aliphatic heterocycles. The summed E-state index contributed by atoms with van der Waals surface area (Å²) < 4.78 is 7.36. The van der Waals surface area contributed by atoms with Gasteiger partial charge in [0.05, 0.1) is 23.4 Å². The first kappa shape index (κ1) is 19.1. The SMILES string of the molecule is COc1ccc2c(c1)N=CC2=Cc1sc(=S)n(-c2ccc(NC(C)=O)cc2)c1O. The summed E-state index contributed by atoms with van der Waals surface area (Å²) in [6, 6.07) is 12.8. The first-order valence-corrected chi connectivity index (χ1v) is 9.96. The van der Waals surface area contributed by atoms with Gasteiger partial charge in [0.15, 0.2) is 3.95 Å². The van der Waals surface area contributed by atoms with Gasteiger partial charge in [0.1, 0.15) is 5.75 Å². The van der Waals surface area contributed by atoms with Crippen LogP contribution in [0.2, 0.25) is 0 Å². The Morgan fingerprint density at radius 1 is 1.28 bits per heavy atom. The number of methoxy groups -OCH3 is 1. The maximum Gasteiger partial charge on any atom is 0.221 e. The Morgan fingerprint density at radius 2 is 2.03 bits per heavy atom. The normalized spacial score (nSPS) is 13.5. The van der Waals surface area contributed by atoms with E-state index in [0.717, 1.165) is 22.6 Å². The van der Waals surface area contributed by atoms with Crippen molar-refractivity contribution >= 4 is 58.7 Å². The number of hydrogen-bond donors (Lipinski definition) is 2. The van der Waals surface area contributed by atoms with Gasteiger partial charge in [-0.1, -0.05) is 0 Å². The average molecular weight is 424 g/mol. The number of allylic oxidation sites excluding steroid dienone is 1. The van der Waals surface area contributed by atoms with Crippen molar-refractivity contribution in [3.05, 3.63) is 56.9 Å². The molecule has 0 saturated heterocycles. The molecule has 8 heteroatoms. The topological polar surface area (TPSA) is 75.8 Å². The van der Waals surface area contributed by atoms with Gasteiger partial charge in [-0.3, -0.25) is 14.4 Å². The molecule has 2 N–H and O–H groups in total. The number of anilines is 1. The van der Waals surface area contributed by atoms with Gasteiger partial charge in [0.2, 0.25) is 11.8 Å². The third-order valence-corrected chi connectivity index (χ3v) is 5.71. The Morgan fingerprint density at radius 3 is 2.72 bits per heavy atom. The van der Waals surface area contributed by atoms with Gasteiger partial charge in [-0.05, 0) is 54.7 Å². The predicted molar refractivity (Wildman–Crippen MR) is 119 cm³/mol. The molecule has 0 unspecified atom stereocenters. The Labute approximate surface area is 176 Å². The molecule has 0 saturated carbocycles. The van der Waals surface area contributed by atoms with Crippen LogP contribution in [0.25, 0.3) is 17.3 Å². The summed E-state index contributed by atoms with van der Waals surface area (Å²) in [5.74, 6) is 0.669. The molecule has 29 heavy (non-hydrogen) atoms. The number of fused-ring (bicyclic) bond motifs is 1. The van der Waals surface area contributed by atoms with Crippen LogP contribution in [0.4, 0.5) is 11.4 Å². The molecule has 1 aliphatic rings. The summed E-state index contributed by atoms with van der Waals surface area (Å²) in [5, 5.41) is 13.5. The number of carbonyl (C=O) groups excluding carboxylic acids is 1. The van der Waals surface area contributed by atoms with Crippen LogP contribution < -0.4 is 10.1 Å². The van der Waals surface area contributed by atoms with E-state index in [1.807, 2.05) is 24.3 Å². The number of nitrogens with one attached hydrogen (secondary N) is 1. The Kier molecular flexibility index (Phi) is 5.04. The highest BCUT2D eigenvalue weighted by molar-refractivity contribution is 7.73. The van der Waals surface area contributed by atoms with Crippen molar-refractivity contribution in [2.75, 3.05) is 12.4 Å². The number of amides is 1. The van der Waals surface area contributed by atoms with E-state index in [1.165, 1.54) is 18.3 Å². The van der Waals surface area contributed by atoms with Crippen molar-refractivity contribution in [3.8, 4) is 17.3 Å². The molecule has 0 aliphatic carbocycles. The number of aromatic hydroxyl groups is 1. The first-order chi connectivity index (χ1) is 14.0. The van der Waals surface area contributed by atoms with Crippen LogP contribution in [-0.4, -0.2) is 28.9 Å². The number of aromatic nitrogens is 1. The fraction of sp³-hybridized carbons (Fsp3) is 0.0952. The van der Waals surface area contributed by atoms with E-state index in [2.05, 4.69) is 10.3 Å². The largest absolute Gasteiger partial charge is 0.497 e. The van der Waals surface area contributed by atoms with E-state index in [-0.39, 0.29) is 11.8 Å². The highest BCUT2D eigenvalue weighted by atomic mass is 32.1. The molecule has 0 radical (unpaired) electrons. The van der Waals surface area contributed by atoms with Crippen LogP contribution in [0, 0.1) is 3.95 Å². The molecule has 0 spiro atoms. The summed E-state index contributed by atoms with van der Waals surface area (Å²) in [4.78, 5) is 16.2. The molecular weight excluding hydrogens is 406 g/mol. The molecule has 0 fully saturated rings. The highest BCUT2D eigenvalue weighted by Gasteiger charge is 2.17. The van der Waals surface area contributed by atoms with Crippen LogP contribution in [-0.2, 0) is 4.79 Å². The number of rotatable bonds is 4. The Hall–Kier alpha value is -3.23. The number of ether oxygens (including phenoxy) is 1. The first-order valence-electron chi connectivity index (χ1n) is 8.73. The minimum absolute atomic E-state index is 0.0649. The Bertz CT molecular complexity index is 1220. The molecule has 1 amide bonds. The van der Waals surface area contributed by atoms with Gasteiger partial charge in [0, 0.05) is 36.0 Å². The minimum atomic E-state index is -0.141. The lowest BCUT2D eigenvalue weighted by molar-refractivity contribution is -0.114. The van der Waals surface area contributed by atoms with Crippen molar-refractivity contribution in [3.63, 3.8) is 0 Å². The number of aliphatic imine (C=N–C) groups is 1. The maximum absolute atomic E-state index is 11.2. The lowest BCUT2D eigenvalue weighted by atomic mass is 10.1. The third kappa shape index (κ3) is 3.72. The van der Waals surface area contributed by atoms with Crippen molar-refractivity contribution in [1.29, 1.82) is 0 Å². The monoisotopic (exact) mass is 423 g/mol. The summed E-state index contributed by atoms with van der Waals surface area (Å²) >= 11 is 6.78. The zero-order valence-corrected chi connectivity index (χ0v) is 17.3. The van der Waals surface area contributed by atoms with Gasteiger partial charge in [0.25, 0.3) is 0 Å². The van der Waals surface area contributed by atoms with Crippen LogP contribution in [0.5, 0.6) is 11.6 Å². The van der Waals surface area contributed by atoms with E-state index in [0.29, 0.717) is 20.2 Å². The van der Waals surface area contributed by atoms with E-state index < -0.39 is 0 Å². The second-order valence-electron chi connectivity index (χ2n) is 6.36. The Balaban J connectivity index is 1.69. The van der Waals surface area contributed by atoms with Gasteiger partial charge in [-0.15, -0.1) is 11.3 Å². The van der Waals surface area contributed by atoms with E-state index in [9.17, 15) is 9.90 Å². The smallest absolute Gasteiger partial charge is 0.221 e. The van der Waals surface area contributed by atoms with Crippen LogP contribution >= 0.6 is 23.6 Å². The molecule has 146 valence electrons. The molecular formula is C21H17N3O3S2. The van der Waals surface area contributed by atoms with Crippen molar-refractivity contribution in [1.82, 2.24) is 4.57 Å². The molecule has 2 aromatic carbocycles. The van der Waals surface area contributed by atoms with Gasteiger partial charge in [-0.25, -0.2) is 0 Å². The van der Waals surface area contributed by atoms with Crippen LogP contribution in [0.1, 0.15) is 17.4 Å². The lowest BCUT2D eigenvalue weighted by Gasteiger charge is -2.07. The van der Waals surface area contributed by atoms with E-state index in [1.54, 1.807) is 42.2 Å². The third-order valence-electron chi connectivity index (χ3n) is 4.40. The van der Waals surface area contributed by atoms with Crippen LogP contribution in [0.3, 0.4) is 0 Å². The zero-order chi connectivity index (χ0) is 20.5. The second-order valence-corrected chi connectivity index (χ2v) is 8.04. The van der Waals surface area contributed by atoms with Crippen molar-refractivity contribution in [2.45, 2.75) is 6.92 Å². The van der Waals surface area contributed by atoms with Crippen molar-refractivity contribution < 1.29 is 14.6 Å². The highest BCUT2D eigenvalue weighted by Crippen LogP contribution is 2.38. The van der Waals surface area contributed by atoms with Gasteiger partial charge < -0.3 is 15.2 Å². The molecule has 0 bridgehead atoms. The fourth-order valence-electron chi connectivity index (χ4n) is 3.06. The predicted octanol–water partition coefficient (Wildman–Crippen LogP) is 5.20. The lowest BCUT2D eigenvalue weighted by Crippen LogP contribution is -2.05. The maximum atomic E-state index is 11.2. The summed E-state index contributed by atoms with van der Waals surface area (Å²) in [5.41, 5.74) is 4.08. The van der Waals surface area contributed by atoms with E-state index in [4.69, 9.17) is 17.0 Å². The number of hydrogen-bond acceptors (Lipinski definition) is 6. The quantitative estimate of drug-likeness (QED) is 0.566. The van der Waals surface area contributed by atoms with E-state index >= 15 is 0 Å². The summed E-state index contributed by atoms with van der Waals surface area (Å²) in [7, 11) is 1.62. The fourth-order valence-corrected chi connectivity index (χ4v) is 4.36. The second kappa shape index (κ2) is 7.65. The molecule has 4 rings (SSSR count). The molecule has 0 atom stereocenters. The minimum Gasteiger partial charge on any atom is -0.497 e. The number of nitrogens with zero attached hydrogens (tertiary/aromatic N) is 2.